The van der Waals surface area contributed by atoms with Gasteiger partial charge in [0.25, 0.3) is 17.7 Å². The number of amides is 3. The summed E-state index contributed by atoms with van der Waals surface area (Å²) in [5, 5.41) is 15.7. The molecule has 3 aliphatic rings. The van der Waals surface area contributed by atoms with E-state index in [0.29, 0.717) is 12.1 Å². The number of aryl methyl sites for hydroxylation is 2. The molecule has 1 fully saturated rings. The zero-order valence-electron chi connectivity index (χ0n) is 21.1. The van der Waals surface area contributed by atoms with Gasteiger partial charge in [-0.1, -0.05) is 84.1 Å². The number of para-hydroxylation sites is 1. The van der Waals surface area contributed by atoms with Crippen molar-refractivity contribution in [1.82, 2.24) is 10.0 Å². The van der Waals surface area contributed by atoms with Crippen LogP contribution in [0, 0.1) is 13.8 Å². The Labute approximate surface area is 220 Å². The van der Waals surface area contributed by atoms with Crippen molar-refractivity contribution in [3.63, 3.8) is 0 Å². The number of imide groups is 1. The Balaban J connectivity index is 1.27. The van der Waals surface area contributed by atoms with Gasteiger partial charge in [0, 0.05) is 6.42 Å². The Kier molecular flexibility index (Phi) is 5.83. The van der Waals surface area contributed by atoms with Gasteiger partial charge in [-0.3, -0.25) is 19.4 Å². The van der Waals surface area contributed by atoms with Gasteiger partial charge in [-0.2, -0.15) is 10.2 Å². The largest absolute Gasteiger partial charge is 0.271 e. The first-order valence-corrected chi connectivity index (χ1v) is 12.6. The molecule has 3 amide bonds. The fourth-order valence-corrected chi connectivity index (χ4v) is 5.42. The van der Waals surface area contributed by atoms with Gasteiger partial charge in [0.2, 0.25) is 0 Å². The minimum absolute atomic E-state index is 0.223. The highest BCUT2D eigenvalue weighted by molar-refractivity contribution is 6.26. The van der Waals surface area contributed by atoms with E-state index in [4.69, 9.17) is 5.10 Å². The van der Waals surface area contributed by atoms with Gasteiger partial charge in [0.15, 0.2) is 12.1 Å². The molecule has 38 heavy (non-hydrogen) atoms. The van der Waals surface area contributed by atoms with E-state index in [1.807, 2.05) is 92.7 Å². The average Bonchev–Trinajstić information content (AvgIpc) is 3.62. The lowest BCUT2D eigenvalue weighted by Crippen LogP contribution is -2.45. The molecule has 0 spiro atoms. The van der Waals surface area contributed by atoms with Crippen LogP contribution in [0.1, 0.15) is 34.7 Å². The Hall–Kier alpha value is -4.66. The number of nitrogens with zero attached hydrogens (tertiary/aromatic N) is 6. The van der Waals surface area contributed by atoms with Crippen molar-refractivity contribution in [3.8, 4) is 0 Å². The highest BCUT2D eigenvalue weighted by atomic mass is 16.2. The summed E-state index contributed by atoms with van der Waals surface area (Å²) < 4.78 is 0. The first-order valence-electron chi connectivity index (χ1n) is 12.6. The van der Waals surface area contributed by atoms with Crippen LogP contribution < -0.4 is 4.90 Å². The van der Waals surface area contributed by atoms with Crippen LogP contribution in [0.4, 0.5) is 5.69 Å². The Morgan fingerprint density at radius 1 is 0.868 bits per heavy atom. The van der Waals surface area contributed by atoms with E-state index in [9.17, 15) is 14.4 Å². The summed E-state index contributed by atoms with van der Waals surface area (Å²) in [6, 6.07) is 22.9. The summed E-state index contributed by atoms with van der Waals surface area (Å²) in [5.41, 5.74) is 4.92. The number of hydrogen-bond acceptors (Lipinski definition) is 7. The van der Waals surface area contributed by atoms with Crippen molar-refractivity contribution < 1.29 is 14.4 Å². The lowest BCUT2D eigenvalue weighted by molar-refractivity contribution is -0.135. The quantitative estimate of drug-likeness (QED) is 0.489. The third kappa shape index (κ3) is 3.87. The molecule has 3 aromatic carbocycles. The zero-order chi connectivity index (χ0) is 26.4. The van der Waals surface area contributed by atoms with Gasteiger partial charge in [-0.05, 0) is 36.1 Å². The summed E-state index contributed by atoms with van der Waals surface area (Å²) in [5.74, 6) is -1.18. The van der Waals surface area contributed by atoms with E-state index in [2.05, 4.69) is 10.3 Å². The minimum atomic E-state index is -0.971. The van der Waals surface area contributed by atoms with E-state index < -0.39 is 23.9 Å². The maximum absolute atomic E-state index is 13.7. The maximum atomic E-state index is 13.7. The van der Waals surface area contributed by atoms with Crippen molar-refractivity contribution in [1.29, 1.82) is 0 Å². The number of carbonyl (C=O) groups is 3. The molecule has 3 unspecified atom stereocenters. The molecule has 0 N–H and O–H groups in total. The average molecular weight is 507 g/mol. The van der Waals surface area contributed by atoms with Gasteiger partial charge in [-0.15, -0.1) is 0 Å². The zero-order valence-corrected chi connectivity index (χ0v) is 21.1. The molecule has 1 saturated heterocycles. The number of carbonyl (C=O) groups excluding carboxylic acids is 3. The van der Waals surface area contributed by atoms with Gasteiger partial charge in [-0.25, -0.2) is 9.91 Å². The van der Waals surface area contributed by atoms with Gasteiger partial charge < -0.3 is 0 Å². The molecule has 3 aliphatic heterocycles. The Morgan fingerprint density at radius 3 is 2.21 bits per heavy atom. The highest BCUT2D eigenvalue weighted by Gasteiger charge is 2.55. The second-order valence-electron chi connectivity index (χ2n) is 9.73. The summed E-state index contributed by atoms with van der Waals surface area (Å²) in [7, 11) is 0. The number of rotatable bonds is 5. The summed E-state index contributed by atoms with van der Waals surface area (Å²) >= 11 is 0. The topological polar surface area (TPSA) is 98.0 Å². The SMILES string of the molecule is Cc1cccc(C)c1N1C(=O)C2N=NN(CC(=O)N3N=C(c4ccccc4)CC3c3ccccc3)C2C1=O. The third-order valence-corrected chi connectivity index (χ3v) is 7.28. The van der Waals surface area contributed by atoms with Gasteiger partial charge >= 0.3 is 0 Å². The number of hydrogen-bond donors (Lipinski definition) is 0. The fraction of sp³-hybridized carbons (Fsp3) is 0.241. The van der Waals surface area contributed by atoms with Crippen molar-refractivity contribution >= 4 is 29.1 Å². The molecule has 3 heterocycles. The molecule has 9 nitrogen and oxygen atoms in total. The lowest BCUT2D eigenvalue weighted by Gasteiger charge is -2.26. The molecule has 3 aromatic rings. The van der Waals surface area contributed by atoms with E-state index >= 15 is 0 Å². The molecule has 9 heteroatoms. The number of fused-ring (bicyclic) bond motifs is 1. The molecule has 0 aromatic heterocycles. The van der Waals surface area contributed by atoms with Crippen LogP contribution in [0.2, 0.25) is 0 Å². The first-order chi connectivity index (χ1) is 18.4. The predicted octanol–water partition coefficient (Wildman–Crippen LogP) is 3.97. The third-order valence-electron chi connectivity index (χ3n) is 7.28. The van der Waals surface area contributed by atoms with E-state index in [1.165, 1.54) is 14.9 Å². The van der Waals surface area contributed by atoms with Crippen LogP contribution in [0.5, 0.6) is 0 Å². The highest BCUT2D eigenvalue weighted by Crippen LogP contribution is 2.36. The molecular weight excluding hydrogens is 480 g/mol. The Morgan fingerprint density at radius 2 is 1.53 bits per heavy atom. The van der Waals surface area contributed by atoms with Gasteiger partial charge in [0.05, 0.1) is 17.4 Å². The van der Waals surface area contributed by atoms with E-state index in [0.717, 1.165) is 28.0 Å². The predicted molar refractivity (Wildman–Crippen MR) is 141 cm³/mol. The molecule has 190 valence electrons. The summed E-state index contributed by atoms with van der Waals surface area (Å²) in [6.07, 6.45) is 0.561. The van der Waals surface area contributed by atoms with Gasteiger partial charge in [0.1, 0.15) is 6.54 Å². The number of hydrazone groups is 1. The standard InChI is InChI=1S/C29H26N6O3/c1-18-10-9-11-19(2)26(18)34-28(37)25-27(29(34)38)33(32-30-25)17-24(36)35-23(21-14-7-4-8-15-21)16-22(31-35)20-12-5-3-6-13-20/h3-15,23,25,27H,16-17H2,1-2H3. The molecule has 3 atom stereocenters. The monoisotopic (exact) mass is 506 g/mol. The van der Waals surface area contributed by atoms with Crippen LogP contribution in [-0.4, -0.2) is 52.1 Å². The second-order valence-corrected chi connectivity index (χ2v) is 9.73. The van der Waals surface area contributed by atoms with Crippen molar-refractivity contribution in [2.75, 3.05) is 11.4 Å². The maximum Gasteiger partial charge on any atom is 0.264 e. The van der Waals surface area contributed by atoms with Crippen LogP contribution in [0.15, 0.2) is 94.3 Å². The normalized spacial score (nSPS) is 22.3. The number of anilines is 1. The van der Waals surface area contributed by atoms with Crippen molar-refractivity contribution in [2.24, 2.45) is 15.4 Å². The van der Waals surface area contributed by atoms with Crippen LogP contribution in [0.25, 0.3) is 0 Å². The number of benzene rings is 3. The lowest BCUT2D eigenvalue weighted by atomic mass is 9.98. The molecule has 0 saturated carbocycles. The molecule has 6 rings (SSSR count). The summed E-state index contributed by atoms with van der Waals surface area (Å²) in [4.78, 5) is 41.6. The Bertz CT molecular complexity index is 1470. The first kappa shape index (κ1) is 23.7. The molecular formula is C29H26N6O3. The molecule has 0 bridgehead atoms. The fourth-order valence-electron chi connectivity index (χ4n) is 5.42. The van der Waals surface area contributed by atoms with Crippen LogP contribution >= 0.6 is 0 Å². The minimum Gasteiger partial charge on any atom is -0.271 e. The molecule has 0 aliphatic carbocycles. The van der Waals surface area contributed by atoms with Crippen LogP contribution in [-0.2, 0) is 14.4 Å². The van der Waals surface area contributed by atoms with Crippen LogP contribution in [0.3, 0.4) is 0 Å². The van der Waals surface area contributed by atoms with E-state index in [-0.39, 0.29) is 18.5 Å². The summed E-state index contributed by atoms with van der Waals surface area (Å²) in [6.45, 7) is 3.50. The second kappa shape index (κ2) is 9.33. The van der Waals surface area contributed by atoms with Crippen molar-refractivity contribution in [3.05, 3.63) is 101 Å². The van der Waals surface area contributed by atoms with Crippen molar-refractivity contribution in [2.45, 2.75) is 38.4 Å². The smallest absolute Gasteiger partial charge is 0.264 e. The molecule has 0 radical (unpaired) electrons. The van der Waals surface area contributed by atoms with E-state index in [1.54, 1.807) is 0 Å².